The second-order valence-corrected chi connectivity index (χ2v) is 2.84. The third-order valence-electron chi connectivity index (χ3n) is 2.01. The average Bonchev–Trinajstić information content (AvgIpc) is 2.14. The van der Waals surface area contributed by atoms with Crippen LogP contribution in [0.15, 0.2) is 0 Å². The first-order valence-electron chi connectivity index (χ1n) is 3.83. The summed E-state index contributed by atoms with van der Waals surface area (Å²) in [5.74, 6) is -0.368. The van der Waals surface area contributed by atoms with Gasteiger partial charge in [-0.2, -0.15) is 0 Å². The van der Waals surface area contributed by atoms with Crippen LogP contribution in [0.1, 0.15) is 19.3 Å². The molecule has 1 heterocycles. The van der Waals surface area contributed by atoms with E-state index in [0.29, 0.717) is 19.3 Å². The van der Waals surface area contributed by atoms with Crippen LogP contribution in [0.2, 0.25) is 0 Å². The number of likely N-dealkylation sites (N-methyl/N-ethyl adjacent to an activating group) is 1. The lowest BCUT2D eigenvalue weighted by atomic mass is 10.1. The summed E-state index contributed by atoms with van der Waals surface area (Å²) in [6.45, 7) is 0. The number of carbonyl (C=O) groups is 2. The standard InChI is InChI=1S/C8H10NO3/c1-9-6(5-10)7(11)3-2-4-8(9)12/h6H,2-4H2,1H3/t6-/m1/s1. The van der Waals surface area contributed by atoms with E-state index >= 15 is 0 Å². The number of carbonyl (C=O) groups excluding carboxylic acids is 3. The maximum absolute atomic E-state index is 11.1. The van der Waals surface area contributed by atoms with Gasteiger partial charge in [-0.05, 0) is 6.42 Å². The molecule has 0 aliphatic carbocycles. The van der Waals surface area contributed by atoms with Crippen LogP contribution in [-0.4, -0.2) is 36.0 Å². The topological polar surface area (TPSA) is 54.5 Å². The van der Waals surface area contributed by atoms with Gasteiger partial charge in [-0.1, -0.05) is 0 Å². The highest BCUT2D eigenvalue weighted by atomic mass is 16.2. The van der Waals surface area contributed by atoms with Gasteiger partial charge in [0.1, 0.15) is 0 Å². The van der Waals surface area contributed by atoms with Gasteiger partial charge in [-0.15, -0.1) is 0 Å². The van der Waals surface area contributed by atoms with Crippen molar-refractivity contribution in [2.45, 2.75) is 25.3 Å². The molecule has 1 fully saturated rings. The molecule has 1 rings (SSSR count). The molecule has 1 radical (unpaired) electrons. The minimum absolute atomic E-state index is 0.158. The smallest absolute Gasteiger partial charge is 0.231 e. The highest BCUT2D eigenvalue weighted by molar-refractivity contribution is 6.01. The first kappa shape index (κ1) is 8.90. The van der Waals surface area contributed by atoms with E-state index in [4.69, 9.17) is 0 Å². The minimum atomic E-state index is -0.972. The molecule has 1 atom stereocenters. The third kappa shape index (κ3) is 1.52. The van der Waals surface area contributed by atoms with Crippen LogP contribution in [0.5, 0.6) is 0 Å². The van der Waals surface area contributed by atoms with Crippen molar-refractivity contribution >= 4 is 18.0 Å². The summed E-state index contributed by atoms with van der Waals surface area (Å²) >= 11 is 0. The predicted octanol–water partition coefficient (Wildman–Crippen LogP) is -0.324. The molecule has 0 N–H and O–H groups in total. The molecular formula is C8H10NO3. The molecule has 0 aromatic carbocycles. The molecule has 1 aliphatic heterocycles. The lowest BCUT2D eigenvalue weighted by Gasteiger charge is -2.18. The van der Waals surface area contributed by atoms with E-state index in [1.165, 1.54) is 11.9 Å². The Labute approximate surface area is 70.5 Å². The van der Waals surface area contributed by atoms with E-state index in [9.17, 15) is 14.4 Å². The van der Waals surface area contributed by atoms with Crippen LogP contribution in [0.3, 0.4) is 0 Å². The van der Waals surface area contributed by atoms with Crippen molar-refractivity contribution < 1.29 is 14.4 Å². The van der Waals surface area contributed by atoms with E-state index in [-0.39, 0.29) is 11.7 Å². The number of amides is 1. The summed E-state index contributed by atoms with van der Waals surface area (Å²) in [4.78, 5) is 33.8. The third-order valence-corrected chi connectivity index (χ3v) is 2.01. The first-order chi connectivity index (χ1) is 5.66. The molecular weight excluding hydrogens is 158 g/mol. The summed E-state index contributed by atoms with van der Waals surface area (Å²) in [6.07, 6.45) is 2.77. The van der Waals surface area contributed by atoms with E-state index in [0.717, 1.165) is 0 Å². The summed E-state index contributed by atoms with van der Waals surface area (Å²) in [6, 6.07) is -0.972. The second-order valence-electron chi connectivity index (χ2n) is 2.84. The molecule has 65 valence electrons. The number of likely N-dealkylation sites (tertiary alicyclic amines) is 1. The molecule has 4 nitrogen and oxygen atoms in total. The number of ketones is 1. The lowest BCUT2D eigenvalue weighted by Crippen LogP contribution is -2.41. The normalized spacial score (nSPS) is 25.4. The molecule has 0 spiro atoms. The van der Waals surface area contributed by atoms with Gasteiger partial charge in [-0.3, -0.25) is 14.4 Å². The molecule has 1 aliphatic rings. The summed E-state index contributed by atoms with van der Waals surface area (Å²) in [7, 11) is 1.46. The molecule has 0 aromatic rings. The molecule has 0 aromatic heterocycles. The van der Waals surface area contributed by atoms with Gasteiger partial charge >= 0.3 is 0 Å². The number of Topliss-reactive ketones (excluding diaryl/α,β-unsaturated/α-hetero) is 1. The Hall–Kier alpha value is -1.19. The van der Waals surface area contributed by atoms with Crippen molar-refractivity contribution in [1.29, 1.82) is 0 Å². The average molecular weight is 168 g/mol. The van der Waals surface area contributed by atoms with Gasteiger partial charge in [-0.25, -0.2) is 0 Å². The fraction of sp³-hybridized carbons (Fsp3) is 0.625. The summed E-state index contributed by atoms with van der Waals surface area (Å²) in [5.41, 5.74) is 0. The van der Waals surface area contributed by atoms with E-state index in [1.807, 2.05) is 0 Å². The van der Waals surface area contributed by atoms with Crippen LogP contribution in [0.4, 0.5) is 0 Å². The maximum Gasteiger partial charge on any atom is 0.231 e. The Morgan fingerprint density at radius 2 is 2.08 bits per heavy atom. The fourth-order valence-corrected chi connectivity index (χ4v) is 1.23. The Morgan fingerprint density at radius 1 is 1.42 bits per heavy atom. The van der Waals surface area contributed by atoms with Crippen molar-refractivity contribution in [1.82, 2.24) is 4.90 Å². The highest BCUT2D eigenvalue weighted by Gasteiger charge is 2.29. The number of nitrogens with zero attached hydrogens (tertiary/aromatic N) is 1. The van der Waals surface area contributed by atoms with Gasteiger partial charge in [0.15, 0.2) is 11.8 Å². The van der Waals surface area contributed by atoms with Gasteiger partial charge in [0.25, 0.3) is 0 Å². The quantitative estimate of drug-likeness (QED) is 0.504. The van der Waals surface area contributed by atoms with Crippen LogP contribution in [0.25, 0.3) is 0 Å². The predicted molar refractivity (Wildman–Crippen MR) is 41.1 cm³/mol. The molecule has 1 amide bonds. The molecule has 0 saturated carbocycles. The zero-order valence-electron chi connectivity index (χ0n) is 6.87. The van der Waals surface area contributed by atoms with Crippen molar-refractivity contribution in [3.05, 3.63) is 0 Å². The fourth-order valence-electron chi connectivity index (χ4n) is 1.23. The number of hydrogen-bond donors (Lipinski definition) is 0. The minimum Gasteiger partial charge on any atom is -0.328 e. The second kappa shape index (κ2) is 3.47. The van der Waals surface area contributed by atoms with Crippen molar-refractivity contribution in [2.75, 3.05) is 7.05 Å². The first-order valence-corrected chi connectivity index (χ1v) is 3.83. The van der Waals surface area contributed by atoms with E-state index < -0.39 is 6.04 Å². The summed E-state index contributed by atoms with van der Waals surface area (Å²) in [5, 5.41) is 0. The highest BCUT2D eigenvalue weighted by Crippen LogP contribution is 2.11. The molecule has 4 heteroatoms. The Kier molecular flexibility index (Phi) is 2.58. The Bertz CT molecular complexity index is 224. The zero-order valence-corrected chi connectivity index (χ0v) is 6.87. The van der Waals surface area contributed by atoms with Crippen molar-refractivity contribution in [3.63, 3.8) is 0 Å². The molecule has 1 saturated heterocycles. The van der Waals surface area contributed by atoms with E-state index in [2.05, 4.69) is 0 Å². The monoisotopic (exact) mass is 168 g/mol. The molecule has 12 heavy (non-hydrogen) atoms. The lowest BCUT2D eigenvalue weighted by molar-refractivity contribution is -0.133. The van der Waals surface area contributed by atoms with Crippen molar-refractivity contribution in [3.8, 4) is 0 Å². The Morgan fingerprint density at radius 3 is 2.67 bits per heavy atom. The van der Waals surface area contributed by atoms with Gasteiger partial charge in [0.2, 0.25) is 12.2 Å². The summed E-state index contributed by atoms with van der Waals surface area (Å²) < 4.78 is 0. The van der Waals surface area contributed by atoms with Crippen LogP contribution >= 0.6 is 0 Å². The molecule has 0 bridgehead atoms. The van der Waals surface area contributed by atoms with Crippen LogP contribution in [0, 0.1) is 0 Å². The van der Waals surface area contributed by atoms with Crippen LogP contribution < -0.4 is 0 Å². The number of hydrogen-bond acceptors (Lipinski definition) is 3. The largest absolute Gasteiger partial charge is 0.328 e. The van der Waals surface area contributed by atoms with Gasteiger partial charge in [0, 0.05) is 19.9 Å². The SMILES string of the molecule is CN1C(=O)CCCC(=O)[C@H]1[C]=O. The maximum atomic E-state index is 11.1. The van der Waals surface area contributed by atoms with Crippen molar-refractivity contribution in [2.24, 2.45) is 0 Å². The zero-order chi connectivity index (χ0) is 9.14. The van der Waals surface area contributed by atoms with Crippen LogP contribution in [-0.2, 0) is 14.4 Å². The van der Waals surface area contributed by atoms with Gasteiger partial charge in [0.05, 0.1) is 0 Å². The number of rotatable bonds is 1. The Balaban J connectivity index is 2.83. The molecule has 0 unspecified atom stereocenters. The van der Waals surface area contributed by atoms with E-state index in [1.54, 1.807) is 6.29 Å². The van der Waals surface area contributed by atoms with Gasteiger partial charge < -0.3 is 4.90 Å².